The van der Waals surface area contributed by atoms with Crippen LogP contribution >= 0.6 is 0 Å². The molecule has 0 bridgehead atoms. The normalized spacial score (nSPS) is 13.8. The Labute approximate surface area is 165 Å². The lowest BCUT2D eigenvalue weighted by Crippen LogP contribution is -2.37. The molecule has 8 heteroatoms. The molecule has 1 amide bonds. The number of carbonyl (C=O) groups is 1. The molecule has 2 aromatic rings. The van der Waals surface area contributed by atoms with Crippen molar-refractivity contribution in [2.45, 2.75) is 12.8 Å². The maximum Gasteiger partial charge on any atom is 0.245 e. The minimum Gasteiger partial charge on any atom is -0.372 e. The van der Waals surface area contributed by atoms with Gasteiger partial charge in [0.25, 0.3) is 0 Å². The van der Waals surface area contributed by atoms with E-state index in [1.54, 1.807) is 36.4 Å². The van der Waals surface area contributed by atoms with Gasteiger partial charge in [-0.05, 0) is 49.2 Å². The summed E-state index contributed by atoms with van der Waals surface area (Å²) in [6.45, 7) is 1.62. The van der Waals surface area contributed by atoms with Gasteiger partial charge in [-0.1, -0.05) is 12.1 Å². The summed E-state index contributed by atoms with van der Waals surface area (Å²) in [4.78, 5) is 14.7. The number of nitrogens with one attached hydrogen (secondary N) is 1. The largest absolute Gasteiger partial charge is 0.372 e. The molecule has 0 saturated carbocycles. The summed E-state index contributed by atoms with van der Waals surface area (Å²) in [7, 11) is -3.66. The lowest BCUT2D eigenvalue weighted by Gasteiger charge is -2.23. The lowest BCUT2D eigenvalue weighted by molar-refractivity contribution is -0.114. The first-order chi connectivity index (χ1) is 13.4. The van der Waals surface area contributed by atoms with E-state index in [9.17, 15) is 13.2 Å². The molecule has 1 heterocycles. The standard InChI is InChI=1S/C20H22N4O3S/c1-28(26,27)24(15-20(25)22-19-7-3-2-6-16(19)14-21)18-10-8-17(9-11-18)23-12-4-5-13-23/h2-3,6-11H,4-5,12-13,15H2,1H3,(H,22,25). The van der Waals surface area contributed by atoms with Crippen LogP contribution in [-0.4, -0.2) is 40.2 Å². The van der Waals surface area contributed by atoms with E-state index in [2.05, 4.69) is 10.2 Å². The minimum absolute atomic E-state index is 0.316. The van der Waals surface area contributed by atoms with Crippen LogP contribution in [0.5, 0.6) is 0 Å². The Hall–Kier alpha value is -3.05. The molecule has 0 spiro atoms. The number of nitriles is 1. The van der Waals surface area contributed by atoms with Crippen LogP contribution in [0.25, 0.3) is 0 Å². The van der Waals surface area contributed by atoms with Crippen LogP contribution in [0.15, 0.2) is 48.5 Å². The summed E-state index contributed by atoms with van der Waals surface area (Å²) < 4.78 is 25.6. The van der Waals surface area contributed by atoms with Crippen molar-refractivity contribution in [3.05, 3.63) is 54.1 Å². The number of sulfonamides is 1. The topological polar surface area (TPSA) is 93.5 Å². The van der Waals surface area contributed by atoms with Gasteiger partial charge in [0.1, 0.15) is 12.6 Å². The smallest absolute Gasteiger partial charge is 0.245 e. The lowest BCUT2D eigenvalue weighted by atomic mass is 10.2. The van der Waals surface area contributed by atoms with Gasteiger partial charge in [-0.3, -0.25) is 9.10 Å². The number of anilines is 3. The molecule has 1 aliphatic heterocycles. The van der Waals surface area contributed by atoms with Gasteiger partial charge < -0.3 is 10.2 Å². The molecular formula is C20H22N4O3S. The Morgan fingerprint density at radius 2 is 1.79 bits per heavy atom. The monoisotopic (exact) mass is 398 g/mol. The molecular weight excluding hydrogens is 376 g/mol. The average Bonchev–Trinajstić information content (AvgIpc) is 3.21. The molecule has 0 atom stereocenters. The zero-order valence-corrected chi connectivity index (χ0v) is 16.4. The number of carbonyl (C=O) groups excluding carboxylic acids is 1. The van der Waals surface area contributed by atoms with E-state index in [0.717, 1.165) is 42.2 Å². The summed E-state index contributed by atoms with van der Waals surface area (Å²) in [5.41, 5.74) is 2.14. The van der Waals surface area contributed by atoms with Crippen LogP contribution in [0.2, 0.25) is 0 Å². The number of benzene rings is 2. The second kappa shape index (κ2) is 8.31. The molecule has 146 valence electrons. The number of nitrogens with zero attached hydrogens (tertiary/aromatic N) is 3. The third-order valence-electron chi connectivity index (χ3n) is 4.62. The summed E-state index contributed by atoms with van der Waals surface area (Å²) >= 11 is 0. The Morgan fingerprint density at radius 1 is 1.14 bits per heavy atom. The van der Waals surface area contributed by atoms with E-state index in [1.807, 2.05) is 18.2 Å². The highest BCUT2D eigenvalue weighted by Crippen LogP contribution is 2.25. The van der Waals surface area contributed by atoms with E-state index in [4.69, 9.17) is 5.26 Å². The van der Waals surface area contributed by atoms with E-state index in [0.29, 0.717) is 16.9 Å². The molecule has 28 heavy (non-hydrogen) atoms. The second-order valence-electron chi connectivity index (χ2n) is 6.69. The molecule has 1 saturated heterocycles. The van der Waals surface area contributed by atoms with Crippen LogP contribution < -0.4 is 14.5 Å². The van der Waals surface area contributed by atoms with Gasteiger partial charge >= 0.3 is 0 Å². The number of hydrogen-bond acceptors (Lipinski definition) is 5. The van der Waals surface area contributed by atoms with Gasteiger partial charge in [-0.15, -0.1) is 0 Å². The van der Waals surface area contributed by atoms with Crippen molar-refractivity contribution < 1.29 is 13.2 Å². The molecule has 0 aromatic heterocycles. The van der Waals surface area contributed by atoms with Crippen molar-refractivity contribution in [2.24, 2.45) is 0 Å². The van der Waals surface area contributed by atoms with Crippen molar-refractivity contribution in [3.63, 3.8) is 0 Å². The predicted molar refractivity (Wildman–Crippen MR) is 110 cm³/mol. The van der Waals surface area contributed by atoms with E-state index < -0.39 is 15.9 Å². The molecule has 1 aliphatic rings. The van der Waals surface area contributed by atoms with Crippen LogP contribution in [0.1, 0.15) is 18.4 Å². The third-order valence-corrected chi connectivity index (χ3v) is 5.76. The molecule has 1 N–H and O–H groups in total. The summed E-state index contributed by atoms with van der Waals surface area (Å²) in [5.74, 6) is -0.517. The third kappa shape index (κ3) is 4.61. The Kier molecular flexibility index (Phi) is 5.85. The van der Waals surface area contributed by atoms with Gasteiger partial charge in [0, 0.05) is 18.8 Å². The number of rotatable bonds is 6. The Bertz CT molecular complexity index is 991. The molecule has 3 rings (SSSR count). The van der Waals surface area contributed by atoms with Gasteiger partial charge in [0.05, 0.1) is 23.2 Å². The van der Waals surface area contributed by atoms with E-state index in [1.165, 1.54) is 0 Å². The maximum atomic E-state index is 12.5. The van der Waals surface area contributed by atoms with Crippen LogP contribution in [-0.2, 0) is 14.8 Å². The number of hydrogen-bond donors (Lipinski definition) is 1. The van der Waals surface area contributed by atoms with Crippen LogP contribution in [0.3, 0.4) is 0 Å². The highest BCUT2D eigenvalue weighted by molar-refractivity contribution is 7.92. The summed E-state index contributed by atoms with van der Waals surface area (Å²) in [6.07, 6.45) is 3.38. The molecule has 1 fully saturated rings. The van der Waals surface area contributed by atoms with Gasteiger partial charge in [-0.25, -0.2) is 8.42 Å². The quantitative estimate of drug-likeness (QED) is 0.807. The van der Waals surface area contributed by atoms with Gasteiger partial charge in [-0.2, -0.15) is 5.26 Å². The van der Waals surface area contributed by atoms with Crippen molar-refractivity contribution in [1.82, 2.24) is 0 Å². The van der Waals surface area contributed by atoms with Gasteiger partial charge in [0.2, 0.25) is 15.9 Å². The van der Waals surface area contributed by atoms with Crippen molar-refractivity contribution in [2.75, 3.05) is 40.4 Å². The zero-order valence-electron chi connectivity index (χ0n) is 15.6. The average molecular weight is 398 g/mol. The number of para-hydroxylation sites is 1. The second-order valence-corrected chi connectivity index (χ2v) is 8.59. The molecule has 0 radical (unpaired) electrons. The molecule has 2 aromatic carbocycles. The summed E-state index contributed by atoms with van der Waals surface area (Å²) in [6, 6.07) is 15.8. The predicted octanol–water partition coefficient (Wildman–Crippen LogP) is 2.56. The highest BCUT2D eigenvalue weighted by Gasteiger charge is 2.22. The van der Waals surface area contributed by atoms with Crippen molar-refractivity contribution in [1.29, 1.82) is 5.26 Å². The zero-order chi connectivity index (χ0) is 20.1. The minimum atomic E-state index is -3.66. The number of amides is 1. The first-order valence-electron chi connectivity index (χ1n) is 9.00. The summed E-state index contributed by atoms with van der Waals surface area (Å²) in [5, 5.41) is 11.7. The molecule has 0 unspecified atom stereocenters. The SMILES string of the molecule is CS(=O)(=O)N(CC(=O)Nc1ccccc1C#N)c1ccc(N2CCCC2)cc1. The Balaban J connectivity index is 1.77. The highest BCUT2D eigenvalue weighted by atomic mass is 32.2. The van der Waals surface area contributed by atoms with E-state index in [-0.39, 0.29) is 6.54 Å². The molecule has 7 nitrogen and oxygen atoms in total. The fourth-order valence-electron chi connectivity index (χ4n) is 3.21. The van der Waals surface area contributed by atoms with Crippen molar-refractivity contribution >= 4 is 33.0 Å². The van der Waals surface area contributed by atoms with Crippen molar-refractivity contribution in [3.8, 4) is 6.07 Å². The fourth-order valence-corrected chi connectivity index (χ4v) is 4.07. The van der Waals surface area contributed by atoms with E-state index >= 15 is 0 Å². The van der Waals surface area contributed by atoms with Gasteiger partial charge in [0.15, 0.2) is 0 Å². The van der Waals surface area contributed by atoms with Crippen LogP contribution in [0, 0.1) is 11.3 Å². The van der Waals surface area contributed by atoms with Crippen LogP contribution in [0.4, 0.5) is 17.1 Å². The fraction of sp³-hybridized carbons (Fsp3) is 0.300. The first-order valence-corrected chi connectivity index (χ1v) is 10.8. The first kappa shape index (κ1) is 19.7. The Morgan fingerprint density at radius 3 is 2.39 bits per heavy atom. The molecule has 0 aliphatic carbocycles. The maximum absolute atomic E-state index is 12.5.